The van der Waals surface area contributed by atoms with Crippen molar-refractivity contribution in [3.05, 3.63) is 53.6 Å². The number of nitrogens with zero attached hydrogens (tertiary/aromatic N) is 2. The first-order valence-electron chi connectivity index (χ1n) is 9.88. The number of likely N-dealkylation sites (N-methyl/N-ethyl adjacent to an activating group) is 1. The van der Waals surface area contributed by atoms with E-state index in [1.807, 2.05) is 38.1 Å². The van der Waals surface area contributed by atoms with Crippen LogP contribution in [0.5, 0.6) is 11.5 Å². The van der Waals surface area contributed by atoms with Crippen molar-refractivity contribution in [1.29, 1.82) is 5.26 Å². The van der Waals surface area contributed by atoms with Gasteiger partial charge in [-0.25, -0.2) is 8.42 Å². The number of fused-ring (bicyclic) bond motifs is 1. The third-order valence-corrected chi connectivity index (χ3v) is 6.78. The highest BCUT2D eigenvalue weighted by molar-refractivity contribution is 7.89. The van der Waals surface area contributed by atoms with E-state index in [0.717, 1.165) is 9.87 Å². The molecule has 0 aliphatic carbocycles. The van der Waals surface area contributed by atoms with Crippen LogP contribution in [0, 0.1) is 17.2 Å². The lowest BCUT2D eigenvalue weighted by Gasteiger charge is -2.26. The van der Waals surface area contributed by atoms with Gasteiger partial charge in [-0.05, 0) is 47.9 Å². The summed E-state index contributed by atoms with van der Waals surface area (Å²) in [5.41, 5.74) is 1.21. The first kappa shape index (κ1) is 22.6. The third-order valence-electron chi connectivity index (χ3n) is 4.97. The van der Waals surface area contributed by atoms with Gasteiger partial charge in [0.05, 0.1) is 29.1 Å². The summed E-state index contributed by atoms with van der Waals surface area (Å²) in [4.78, 5) is 12.7. The van der Waals surface area contributed by atoms with Crippen molar-refractivity contribution in [2.75, 3.05) is 26.8 Å². The minimum absolute atomic E-state index is 0.0223. The third kappa shape index (κ3) is 5.16. The van der Waals surface area contributed by atoms with E-state index < -0.39 is 15.9 Å². The van der Waals surface area contributed by atoms with Gasteiger partial charge in [-0.1, -0.05) is 19.9 Å². The number of nitriles is 1. The predicted octanol–water partition coefficient (Wildman–Crippen LogP) is 2.46. The molecular weight excluding hydrogens is 418 g/mol. The lowest BCUT2D eigenvalue weighted by atomic mass is 9.95. The molecule has 1 N–H and O–H groups in total. The summed E-state index contributed by atoms with van der Waals surface area (Å²) in [6.07, 6.45) is 0. The number of nitrogens with one attached hydrogen (secondary N) is 1. The Morgan fingerprint density at radius 3 is 2.39 bits per heavy atom. The highest BCUT2D eigenvalue weighted by atomic mass is 32.2. The normalized spacial score (nSPS) is 14.2. The van der Waals surface area contributed by atoms with Gasteiger partial charge in [-0.15, -0.1) is 0 Å². The molecule has 0 bridgehead atoms. The summed E-state index contributed by atoms with van der Waals surface area (Å²) < 4.78 is 37.7. The summed E-state index contributed by atoms with van der Waals surface area (Å²) in [6.45, 7) is 4.57. The second-order valence-corrected chi connectivity index (χ2v) is 9.63. The fourth-order valence-electron chi connectivity index (χ4n) is 3.28. The van der Waals surface area contributed by atoms with Crippen LogP contribution in [0.4, 0.5) is 0 Å². The molecule has 0 fully saturated rings. The largest absolute Gasteiger partial charge is 0.486 e. The van der Waals surface area contributed by atoms with Crippen molar-refractivity contribution in [2.24, 2.45) is 5.92 Å². The zero-order valence-corrected chi connectivity index (χ0v) is 18.5. The summed E-state index contributed by atoms with van der Waals surface area (Å²) in [6, 6.07) is 12.7. The molecule has 1 amide bonds. The fraction of sp³-hybridized carbons (Fsp3) is 0.364. The Kier molecular flexibility index (Phi) is 6.83. The smallest absolute Gasteiger partial charge is 0.243 e. The van der Waals surface area contributed by atoms with Crippen LogP contribution in [0.15, 0.2) is 47.4 Å². The number of hydrogen-bond donors (Lipinski definition) is 1. The van der Waals surface area contributed by atoms with Crippen LogP contribution in [-0.2, 0) is 14.8 Å². The van der Waals surface area contributed by atoms with Gasteiger partial charge < -0.3 is 14.8 Å². The van der Waals surface area contributed by atoms with E-state index in [4.69, 9.17) is 14.7 Å². The Morgan fingerprint density at radius 1 is 1.13 bits per heavy atom. The number of carbonyl (C=O) groups excluding carboxylic acids is 1. The molecule has 2 aromatic rings. The number of benzene rings is 2. The molecule has 3 rings (SSSR count). The van der Waals surface area contributed by atoms with Gasteiger partial charge >= 0.3 is 0 Å². The Hall–Kier alpha value is -3.09. The minimum atomic E-state index is -3.87. The van der Waals surface area contributed by atoms with E-state index in [2.05, 4.69) is 5.32 Å². The summed E-state index contributed by atoms with van der Waals surface area (Å²) in [7, 11) is -2.52. The molecule has 0 saturated carbocycles. The van der Waals surface area contributed by atoms with Crippen molar-refractivity contribution in [2.45, 2.75) is 24.8 Å². The molecule has 0 spiro atoms. The molecule has 0 aromatic heterocycles. The fourth-order valence-corrected chi connectivity index (χ4v) is 4.40. The molecule has 9 heteroatoms. The quantitative estimate of drug-likeness (QED) is 0.704. The van der Waals surface area contributed by atoms with Crippen LogP contribution in [0.1, 0.15) is 31.0 Å². The Labute approximate surface area is 182 Å². The SMILES string of the molecule is CC(C)C(NC(=O)CN(C)S(=O)(=O)c1ccc(C#N)cc1)c1ccc2c(c1)OCCO2. The molecule has 2 aromatic carbocycles. The van der Waals surface area contributed by atoms with Gasteiger partial charge in [-0.3, -0.25) is 4.79 Å². The van der Waals surface area contributed by atoms with Crippen LogP contribution in [0.2, 0.25) is 0 Å². The van der Waals surface area contributed by atoms with E-state index in [9.17, 15) is 13.2 Å². The van der Waals surface area contributed by atoms with Crippen molar-refractivity contribution in [3.63, 3.8) is 0 Å². The lowest BCUT2D eigenvalue weighted by Crippen LogP contribution is -2.41. The number of ether oxygens (including phenoxy) is 2. The summed E-state index contributed by atoms with van der Waals surface area (Å²) >= 11 is 0. The Morgan fingerprint density at radius 2 is 1.77 bits per heavy atom. The van der Waals surface area contributed by atoms with Crippen LogP contribution in [-0.4, -0.2) is 45.4 Å². The Balaban J connectivity index is 1.71. The first-order valence-corrected chi connectivity index (χ1v) is 11.3. The van der Waals surface area contributed by atoms with Gasteiger partial charge in [0.2, 0.25) is 15.9 Å². The first-order chi connectivity index (χ1) is 14.7. The van der Waals surface area contributed by atoms with Gasteiger partial charge in [0.25, 0.3) is 0 Å². The van der Waals surface area contributed by atoms with Crippen LogP contribution in [0.3, 0.4) is 0 Å². The van der Waals surface area contributed by atoms with Gasteiger partial charge in [0, 0.05) is 7.05 Å². The number of carbonyl (C=O) groups is 1. The molecule has 1 aliphatic rings. The second kappa shape index (κ2) is 9.37. The molecule has 1 aliphatic heterocycles. The number of amides is 1. The number of rotatable bonds is 7. The summed E-state index contributed by atoms with van der Waals surface area (Å²) in [5.74, 6) is 0.932. The maximum atomic E-state index is 12.7. The highest BCUT2D eigenvalue weighted by Gasteiger charge is 2.26. The van der Waals surface area contributed by atoms with Crippen molar-refractivity contribution < 1.29 is 22.7 Å². The maximum Gasteiger partial charge on any atom is 0.243 e. The predicted molar refractivity (Wildman–Crippen MR) is 114 cm³/mol. The molecule has 1 atom stereocenters. The standard InChI is InChI=1S/C22H25N3O5S/c1-15(2)22(17-6-9-19-20(12-17)30-11-10-29-19)24-21(26)14-25(3)31(27,28)18-7-4-16(13-23)5-8-18/h4-9,12,15,22H,10-11,14H2,1-3H3,(H,24,26). The molecule has 8 nitrogen and oxygen atoms in total. The molecule has 164 valence electrons. The van der Waals surface area contributed by atoms with Crippen LogP contribution < -0.4 is 14.8 Å². The second-order valence-electron chi connectivity index (χ2n) is 7.59. The molecule has 0 saturated heterocycles. The molecular formula is C22H25N3O5S. The van der Waals surface area contributed by atoms with E-state index in [0.29, 0.717) is 30.3 Å². The van der Waals surface area contributed by atoms with Crippen molar-refractivity contribution >= 4 is 15.9 Å². The topological polar surface area (TPSA) is 109 Å². The molecule has 1 unspecified atom stereocenters. The maximum absolute atomic E-state index is 12.7. The molecule has 0 radical (unpaired) electrons. The number of sulfonamides is 1. The van der Waals surface area contributed by atoms with Crippen molar-refractivity contribution in [1.82, 2.24) is 9.62 Å². The van der Waals surface area contributed by atoms with E-state index >= 15 is 0 Å². The highest BCUT2D eigenvalue weighted by Crippen LogP contribution is 2.34. The minimum Gasteiger partial charge on any atom is -0.486 e. The van der Waals surface area contributed by atoms with E-state index in [1.165, 1.54) is 31.3 Å². The van der Waals surface area contributed by atoms with Crippen LogP contribution >= 0.6 is 0 Å². The van der Waals surface area contributed by atoms with Crippen LogP contribution in [0.25, 0.3) is 0 Å². The van der Waals surface area contributed by atoms with E-state index in [1.54, 1.807) is 0 Å². The van der Waals surface area contributed by atoms with Gasteiger partial charge in [0.1, 0.15) is 13.2 Å². The van der Waals surface area contributed by atoms with Gasteiger partial charge in [-0.2, -0.15) is 9.57 Å². The van der Waals surface area contributed by atoms with Gasteiger partial charge in [0.15, 0.2) is 11.5 Å². The average Bonchev–Trinajstić information content (AvgIpc) is 2.76. The number of hydrogen-bond acceptors (Lipinski definition) is 6. The molecule has 1 heterocycles. The zero-order valence-electron chi connectivity index (χ0n) is 17.7. The zero-order chi connectivity index (χ0) is 22.6. The Bertz CT molecular complexity index is 1090. The molecule has 31 heavy (non-hydrogen) atoms. The lowest BCUT2D eigenvalue weighted by molar-refractivity contribution is -0.122. The summed E-state index contributed by atoms with van der Waals surface area (Å²) in [5, 5.41) is 11.8. The van der Waals surface area contributed by atoms with E-state index in [-0.39, 0.29) is 23.4 Å². The average molecular weight is 444 g/mol. The monoisotopic (exact) mass is 443 g/mol. The van der Waals surface area contributed by atoms with Crippen molar-refractivity contribution in [3.8, 4) is 17.6 Å².